The summed E-state index contributed by atoms with van der Waals surface area (Å²) in [5, 5.41) is 0. The molecule has 0 radical (unpaired) electrons. The molecule has 482 valence electrons. The van der Waals surface area contributed by atoms with Gasteiger partial charge in [0.1, 0.15) is 11.0 Å². The van der Waals surface area contributed by atoms with Gasteiger partial charge in [0.05, 0.1) is 11.7 Å². The van der Waals surface area contributed by atoms with Crippen LogP contribution in [0.1, 0.15) is 266 Å². The first-order valence-corrected chi connectivity index (χ1v) is 37.8. The van der Waals surface area contributed by atoms with Crippen molar-refractivity contribution in [2.75, 3.05) is 4.90 Å². The van der Waals surface area contributed by atoms with Crippen molar-refractivity contribution < 1.29 is 0 Å². The molecule has 92 heavy (non-hydrogen) atoms. The zero-order valence-electron chi connectivity index (χ0n) is 57.7. The molecule has 2 aliphatic carbocycles. The van der Waals surface area contributed by atoms with Crippen molar-refractivity contribution in [1.82, 2.24) is 8.75 Å². The summed E-state index contributed by atoms with van der Waals surface area (Å²) in [5.41, 5.74) is 29.2. The predicted molar refractivity (Wildman–Crippen MR) is 401 cm³/mol. The first-order valence-electron chi connectivity index (χ1n) is 37.1. The van der Waals surface area contributed by atoms with E-state index >= 15 is 0 Å². The Balaban J connectivity index is 0.932. The van der Waals surface area contributed by atoms with Gasteiger partial charge >= 0.3 is 0 Å². The third-order valence-corrected chi connectivity index (χ3v) is 22.1. The molecule has 0 aliphatic heterocycles. The molecule has 0 bridgehead atoms. The maximum absolute atomic E-state index is 4.90. The highest BCUT2D eigenvalue weighted by Gasteiger charge is 2.44. The Labute approximate surface area is 560 Å². The molecule has 9 aromatic rings. The van der Waals surface area contributed by atoms with Gasteiger partial charge in [-0.15, -0.1) is 0 Å². The number of benzene rings is 8. The Morgan fingerprint density at radius 1 is 0.304 bits per heavy atom. The molecule has 1 aromatic heterocycles. The van der Waals surface area contributed by atoms with E-state index in [-0.39, 0.29) is 10.8 Å². The van der Waals surface area contributed by atoms with Gasteiger partial charge in [-0.05, 0) is 190 Å². The van der Waals surface area contributed by atoms with Gasteiger partial charge in [-0.3, -0.25) is 0 Å². The molecule has 0 N–H and O–H groups in total. The van der Waals surface area contributed by atoms with Gasteiger partial charge in [-0.1, -0.05) is 304 Å². The summed E-state index contributed by atoms with van der Waals surface area (Å²) in [7, 11) is 0. The largest absolute Gasteiger partial charge is 0.311 e. The fraction of sp³-hybridized carbons (Fsp3) is 0.455. The van der Waals surface area contributed by atoms with Crippen molar-refractivity contribution in [3.63, 3.8) is 0 Å². The van der Waals surface area contributed by atoms with Crippen LogP contribution in [0, 0.1) is 13.8 Å². The van der Waals surface area contributed by atoms with E-state index in [1.807, 2.05) is 0 Å². The van der Waals surface area contributed by atoms with Crippen LogP contribution in [-0.2, 0) is 17.3 Å². The maximum atomic E-state index is 4.90. The number of aryl methyl sites for hydroxylation is 3. The predicted octanol–water partition coefficient (Wildman–Crippen LogP) is 27.7. The highest BCUT2D eigenvalue weighted by molar-refractivity contribution is 7.00. The lowest BCUT2D eigenvalue weighted by Gasteiger charge is -2.33. The third-order valence-electron chi connectivity index (χ3n) is 21.6. The highest BCUT2D eigenvalue weighted by Crippen LogP contribution is 2.58. The summed E-state index contributed by atoms with van der Waals surface area (Å²) in [4.78, 5) is 2.48. The van der Waals surface area contributed by atoms with Crippen molar-refractivity contribution in [1.29, 1.82) is 0 Å². The second-order valence-corrected chi connectivity index (χ2v) is 28.7. The first kappa shape index (κ1) is 66.8. The molecule has 0 spiro atoms. The summed E-state index contributed by atoms with van der Waals surface area (Å²) < 4.78 is 9.66. The molecular weight excluding hydrogens is 1130 g/mol. The SMILES string of the molecule is CCCCCCCCC1(CCCCCCCC)c2cc(C)ccc2-c2ccc(-c3ccc(N(c4ccc(CCCC)cc4)c4ccc(-c5ccc6c(c5)C(CCCCCCCC)(CCCCCCCC)c5cc(-c7ccc(C)c8nsnc78)ccc5-6)cc4)cc3)cc21. The zero-order valence-corrected chi connectivity index (χ0v) is 58.5. The Hall–Kier alpha value is -6.62. The van der Waals surface area contributed by atoms with Crippen LogP contribution < -0.4 is 4.90 Å². The normalized spacial score (nSPS) is 13.4. The van der Waals surface area contributed by atoms with Crippen LogP contribution in [0.4, 0.5) is 17.1 Å². The Morgan fingerprint density at radius 3 is 1.08 bits per heavy atom. The van der Waals surface area contributed by atoms with Crippen LogP contribution in [0.5, 0.6) is 0 Å². The minimum absolute atomic E-state index is 0.0449. The molecular formula is C88H109N3S. The fourth-order valence-corrected chi connectivity index (χ4v) is 16.9. The average Bonchev–Trinajstić information content (AvgIpc) is 1.57. The van der Waals surface area contributed by atoms with Gasteiger partial charge in [-0.2, -0.15) is 8.75 Å². The lowest BCUT2D eigenvalue weighted by Crippen LogP contribution is -2.25. The molecule has 0 unspecified atom stereocenters. The van der Waals surface area contributed by atoms with Crippen molar-refractivity contribution in [3.05, 3.63) is 197 Å². The number of rotatable bonds is 37. The quantitative estimate of drug-likeness (QED) is 0.0364. The summed E-state index contributed by atoms with van der Waals surface area (Å²) in [6.07, 6.45) is 39.8. The van der Waals surface area contributed by atoms with E-state index in [1.165, 1.54) is 305 Å². The highest BCUT2D eigenvalue weighted by atomic mass is 32.1. The Bertz CT molecular complexity index is 3760. The second kappa shape index (κ2) is 32.5. The molecule has 11 rings (SSSR count). The van der Waals surface area contributed by atoms with E-state index < -0.39 is 0 Å². The number of unbranched alkanes of at least 4 members (excludes halogenated alkanes) is 21. The van der Waals surface area contributed by atoms with Crippen LogP contribution in [-0.4, -0.2) is 8.75 Å². The van der Waals surface area contributed by atoms with Crippen molar-refractivity contribution in [2.24, 2.45) is 0 Å². The Kier molecular flexibility index (Phi) is 23.6. The van der Waals surface area contributed by atoms with Gasteiger partial charge in [0, 0.05) is 33.5 Å². The Morgan fingerprint density at radius 2 is 0.641 bits per heavy atom. The van der Waals surface area contributed by atoms with Crippen molar-refractivity contribution in [3.8, 4) is 55.6 Å². The lowest BCUT2D eigenvalue weighted by molar-refractivity contribution is 0.398. The second-order valence-electron chi connectivity index (χ2n) is 28.2. The molecule has 0 amide bonds. The van der Waals surface area contributed by atoms with Crippen LogP contribution in [0.15, 0.2) is 158 Å². The monoisotopic (exact) mass is 1240 g/mol. The number of hydrogen-bond donors (Lipinski definition) is 0. The van der Waals surface area contributed by atoms with E-state index in [4.69, 9.17) is 8.75 Å². The van der Waals surface area contributed by atoms with E-state index in [1.54, 1.807) is 11.1 Å². The summed E-state index contributed by atoms with van der Waals surface area (Å²) in [6, 6.07) is 62.9. The molecule has 8 aromatic carbocycles. The summed E-state index contributed by atoms with van der Waals surface area (Å²) >= 11 is 1.34. The zero-order chi connectivity index (χ0) is 63.7. The molecule has 0 saturated heterocycles. The number of nitrogens with zero attached hydrogens (tertiary/aromatic N) is 3. The molecule has 3 nitrogen and oxygen atoms in total. The van der Waals surface area contributed by atoms with Crippen molar-refractivity contribution in [2.45, 2.75) is 258 Å². The van der Waals surface area contributed by atoms with Crippen molar-refractivity contribution >= 4 is 39.8 Å². The fourth-order valence-electron chi connectivity index (χ4n) is 16.3. The minimum atomic E-state index is -0.0727. The number of anilines is 3. The van der Waals surface area contributed by atoms with Gasteiger partial charge in [0.2, 0.25) is 0 Å². The molecule has 2 aliphatic rings. The summed E-state index contributed by atoms with van der Waals surface area (Å²) in [5.74, 6) is 0. The van der Waals surface area contributed by atoms with E-state index in [0.29, 0.717) is 0 Å². The molecule has 0 saturated carbocycles. The number of fused-ring (bicyclic) bond motifs is 7. The van der Waals surface area contributed by atoms with Gasteiger partial charge in [-0.25, -0.2) is 0 Å². The molecule has 1 heterocycles. The molecule has 0 fully saturated rings. The third kappa shape index (κ3) is 15.0. The minimum Gasteiger partial charge on any atom is -0.311 e. The van der Waals surface area contributed by atoms with Gasteiger partial charge in [0.15, 0.2) is 0 Å². The molecule has 0 atom stereocenters. The smallest absolute Gasteiger partial charge is 0.112 e. The first-order chi connectivity index (χ1) is 45.2. The van der Waals surface area contributed by atoms with Crippen LogP contribution in [0.2, 0.25) is 0 Å². The average molecular weight is 1240 g/mol. The van der Waals surface area contributed by atoms with Crippen LogP contribution >= 0.6 is 11.7 Å². The van der Waals surface area contributed by atoms with E-state index in [0.717, 1.165) is 17.5 Å². The van der Waals surface area contributed by atoms with Crippen LogP contribution in [0.25, 0.3) is 66.7 Å². The summed E-state index contributed by atoms with van der Waals surface area (Å²) in [6.45, 7) is 16.1. The van der Waals surface area contributed by atoms with E-state index in [9.17, 15) is 0 Å². The maximum Gasteiger partial charge on any atom is 0.112 e. The van der Waals surface area contributed by atoms with Gasteiger partial charge < -0.3 is 4.90 Å². The van der Waals surface area contributed by atoms with Crippen LogP contribution in [0.3, 0.4) is 0 Å². The number of aromatic nitrogens is 2. The number of hydrogen-bond acceptors (Lipinski definition) is 4. The lowest BCUT2D eigenvalue weighted by atomic mass is 9.70. The van der Waals surface area contributed by atoms with E-state index in [2.05, 4.69) is 211 Å². The topological polar surface area (TPSA) is 29.0 Å². The van der Waals surface area contributed by atoms with Gasteiger partial charge in [0.25, 0.3) is 0 Å². The standard InChI is InChI=1S/C88H109N3S/c1-8-13-18-22-26-30-57-87(58-31-27-23-19-14-9-2)81-61-65(6)35-52-77(81)78-54-43-70(62-82(78)87)68-39-48-74(49-40-68)91(73-46-37-67(38-47-73)34-17-12-5)75-50-41-69(42-51-75)71-44-55-79-80-56-45-72(76-53-36-66(7)85-86(76)90-92-89-85)64-84(80)88(83(79)63-71,59-32-28-24-20-15-10-3)60-33-29-25-21-16-11-4/h35-56,61-64H,8-34,57-60H2,1-7H3. The molecule has 4 heteroatoms.